The van der Waals surface area contributed by atoms with Gasteiger partial charge in [0.2, 0.25) is 0 Å². The second-order valence-electron chi connectivity index (χ2n) is 4.05. The first-order valence-electron chi connectivity index (χ1n) is 5.29. The van der Waals surface area contributed by atoms with Gasteiger partial charge in [-0.05, 0) is 32.5 Å². The van der Waals surface area contributed by atoms with E-state index in [-0.39, 0.29) is 5.03 Å². The maximum Gasteiger partial charge on any atom is 0.257 e. The Morgan fingerprint density at radius 1 is 1.69 bits per heavy atom. The van der Waals surface area contributed by atoms with Gasteiger partial charge < -0.3 is 4.90 Å². The lowest BCUT2D eigenvalue weighted by molar-refractivity contribution is 0.310. The minimum atomic E-state index is -3.42. The molecular weight excluding hydrogens is 228 g/mol. The van der Waals surface area contributed by atoms with Crippen LogP contribution in [0.4, 0.5) is 0 Å². The predicted octanol–water partition coefficient (Wildman–Crippen LogP) is -0.218. The van der Waals surface area contributed by atoms with Crippen LogP contribution in [0.3, 0.4) is 0 Å². The number of nitrogens with zero attached hydrogens (tertiary/aromatic N) is 2. The molecule has 0 saturated carbocycles. The Kier molecular flexibility index (Phi) is 3.27. The Bertz CT molecular complexity index is 428. The van der Waals surface area contributed by atoms with Crippen molar-refractivity contribution in [2.75, 3.05) is 20.1 Å². The predicted molar refractivity (Wildman–Crippen MR) is 59.4 cm³/mol. The van der Waals surface area contributed by atoms with Crippen LogP contribution in [0.25, 0.3) is 0 Å². The van der Waals surface area contributed by atoms with E-state index >= 15 is 0 Å². The molecule has 1 fully saturated rings. The number of H-pyrrole nitrogens is 1. The second-order valence-corrected chi connectivity index (χ2v) is 5.78. The lowest BCUT2D eigenvalue weighted by atomic mass is 10.2. The number of hydrogen-bond acceptors (Lipinski definition) is 4. The molecule has 90 valence electrons. The highest BCUT2D eigenvalue weighted by atomic mass is 32.2. The van der Waals surface area contributed by atoms with Crippen LogP contribution >= 0.6 is 0 Å². The van der Waals surface area contributed by atoms with Crippen molar-refractivity contribution in [3.63, 3.8) is 0 Å². The number of hydrogen-bond donors (Lipinski definition) is 2. The summed E-state index contributed by atoms with van der Waals surface area (Å²) in [5, 5.41) is 6.20. The minimum Gasteiger partial charge on any atom is -0.302 e. The quantitative estimate of drug-likeness (QED) is 0.767. The Hall–Kier alpha value is -0.920. The number of rotatable bonds is 4. The molecule has 1 saturated heterocycles. The highest BCUT2D eigenvalue weighted by Gasteiger charge is 2.23. The van der Waals surface area contributed by atoms with E-state index in [9.17, 15) is 8.42 Å². The van der Waals surface area contributed by atoms with E-state index in [2.05, 4.69) is 19.8 Å². The van der Waals surface area contributed by atoms with E-state index in [1.54, 1.807) is 0 Å². The van der Waals surface area contributed by atoms with E-state index in [0.29, 0.717) is 12.6 Å². The van der Waals surface area contributed by atoms with Gasteiger partial charge in [-0.3, -0.25) is 5.10 Å². The molecule has 1 aliphatic rings. The lowest BCUT2D eigenvalue weighted by Crippen LogP contribution is -2.38. The fraction of sp³-hybridized carbons (Fsp3) is 0.667. The number of aromatic nitrogens is 2. The van der Waals surface area contributed by atoms with Crippen LogP contribution in [0.2, 0.25) is 0 Å². The van der Waals surface area contributed by atoms with E-state index in [0.717, 1.165) is 19.4 Å². The zero-order valence-corrected chi connectivity index (χ0v) is 10.00. The third kappa shape index (κ3) is 2.42. The van der Waals surface area contributed by atoms with Crippen molar-refractivity contribution in [3.8, 4) is 0 Å². The van der Waals surface area contributed by atoms with Gasteiger partial charge in [0, 0.05) is 12.6 Å². The summed E-state index contributed by atoms with van der Waals surface area (Å²) in [5.74, 6) is 0. The molecule has 0 spiro atoms. The maximum atomic E-state index is 11.8. The van der Waals surface area contributed by atoms with Crippen LogP contribution in [0.5, 0.6) is 0 Å². The number of sulfonamides is 1. The first-order chi connectivity index (χ1) is 7.59. The van der Waals surface area contributed by atoms with E-state index in [4.69, 9.17) is 0 Å². The van der Waals surface area contributed by atoms with Crippen molar-refractivity contribution in [1.29, 1.82) is 0 Å². The molecule has 6 nitrogen and oxygen atoms in total. The molecule has 2 heterocycles. The molecule has 0 bridgehead atoms. The van der Waals surface area contributed by atoms with Gasteiger partial charge in [0.05, 0.1) is 6.20 Å². The number of nitrogens with one attached hydrogen (secondary N) is 2. The summed E-state index contributed by atoms with van der Waals surface area (Å²) < 4.78 is 26.1. The minimum absolute atomic E-state index is 0.119. The van der Waals surface area contributed by atoms with Gasteiger partial charge in [-0.25, -0.2) is 13.1 Å². The summed E-state index contributed by atoms with van der Waals surface area (Å²) in [6, 6.07) is 1.75. The average molecular weight is 244 g/mol. The van der Waals surface area contributed by atoms with Gasteiger partial charge in [-0.2, -0.15) is 5.10 Å². The summed E-state index contributed by atoms with van der Waals surface area (Å²) >= 11 is 0. The third-order valence-corrected chi connectivity index (χ3v) is 4.30. The summed E-state index contributed by atoms with van der Waals surface area (Å²) in [5.41, 5.74) is 0. The van der Waals surface area contributed by atoms with Crippen LogP contribution in [0, 0.1) is 0 Å². The van der Waals surface area contributed by atoms with Gasteiger partial charge in [-0.1, -0.05) is 0 Å². The summed E-state index contributed by atoms with van der Waals surface area (Å²) in [4.78, 5) is 2.18. The topological polar surface area (TPSA) is 78.1 Å². The molecule has 16 heavy (non-hydrogen) atoms. The first-order valence-corrected chi connectivity index (χ1v) is 6.77. The summed E-state index contributed by atoms with van der Waals surface area (Å²) in [7, 11) is -1.41. The normalized spacial score (nSPS) is 22.7. The van der Waals surface area contributed by atoms with Crippen molar-refractivity contribution in [1.82, 2.24) is 19.8 Å². The molecule has 2 rings (SSSR count). The smallest absolute Gasteiger partial charge is 0.257 e. The van der Waals surface area contributed by atoms with Gasteiger partial charge in [0.15, 0.2) is 5.03 Å². The van der Waals surface area contributed by atoms with Crippen molar-refractivity contribution in [2.24, 2.45) is 0 Å². The number of likely N-dealkylation sites (tertiary alicyclic amines) is 1. The van der Waals surface area contributed by atoms with Gasteiger partial charge in [-0.15, -0.1) is 0 Å². The fourth-order valence-corrected chi connectivity index (χ4v) is 2.89. The van der Waals surface area contributed by atoms with Crippen molar-refractivity contribution in [3.05, 3.63) is 12.3 Å². The second kappa shape index (κ2) is 4.52. The molecule has 1 atom stereocenters. The molecular formula is C9H16N4O2S. The van der Waals surface area contributed by atoms with Gasteiger partial charge >= 0.3 is 0 Å². The summed E-state index contributed by atoms with van der Waals surface area (Å²) in [6.45, 7) is 1.49. The fourth-order valence-electron chi connectivity index (χ4n) is 1.91. The largest absolute Gasteiger partial charge is 0.302 e. The van der Waals surface area contributed by atoms with E-state index in [1.165, 1.54) is 12.3 Å². The third-order valence-electron chi connectivity index (χ3n) is 2.95. The molecule has 0 aromatic carbocycles. The van der Waals surface area contributed by atoms with Crippen LogP contribution < -0.4 is 4.72 Å². The van der Waals surface area contributed by atoms with Crippen LogP contribution in [-0.4, -0.2) is 49.7 Å². The highest BCUT2D eigenvalue weighted by Crippen LogP contribution is 2.14. The standard InChI is InChI=1S/C9H16N4O2S/c1-13-6-2-3-8(13)7-11-16(14,15)9-4-5-10-12-9/h4-5,8,11H,2-3,6-7H2,1H3,(H,10,12). The van der Waals surface area contributed by atoms with Crippen LogP contribution in [0.15, 0.2) is 17.3 Å². The van der Waals surface area contributed by atoms with Gasteiger partial charge in [0.25, 0.3) is 10.0 Å². The Morgan fingerprint density at radius 2 is 2.50 bits per heavy atom. The first kappa shape index (κ1) is 11.6. The van der Waals surface area contributed by atoms with E-state index < -0.39 is 10.0 Å². The van der Waals surface area contributed by atoms with Crippen molar-refractivity contribution in [2.45, 2.75) is 23.9 Å². The maximum absolute atomic E-state index is 11.8. The molecule has 0 aliphatic carbocycles. The average Bonchev–Trinajstić information content (AvgIpc) is 2.85. The number of likely N-dealkylation sites (N-methyl/N-ethyl adjacent to an activating group) is 1. The Morgan fingerprint density at radius 3 is 3.06 bits per heavy atom. The zero-order chi connectivity index (χ0) is 11.6. The molecule has 0 amide bonds. The molecule has 1 unspecified atom stereocenters. The Balaban J connectivity index is 1.95. The number of aromatic amines is 1. The highest BCUT2D eigenvalue weighted by molar-refractivity contribution is 7.89. The van der Waals surface area contributed by atoms with Crippen LogP contribution in [0.1, 0.15) is 12.8 Å². The van der Waals surface area contributed by atoms with Crippen LogP contribution in [-0.2, 0) is 10.0 Å². The molecule has 1 aliphatic heterocycles. The van der Waals surface area contributed by atoms with Crippen molar-refractivity contribution >= 4 is 10.0 Å². The monoisotopic (exact) mass is 244 g/mol. The summed E-state index contributed by atoms with van der Waals surface area (Å²) in [6.07, 6.45) is 3.60. The lowest BCUT2D eigenvalue weighted by Gasteiger charge is -2.19. The molecule has 7 heteroatoms. The molecule has 1 aromatic heterocycles. The SMILES string of the molecule is CN1CCCC1CNS(=O)(=O)c1ccn[nH]1. The molecule has 0 radical (unpaired) electrons. The molecule has 2 N–H and O–H groups in total. The van der Waals surface area contributed by atoms with Crippen molar-refractivity contribution < 1.29 is 8.42 Å². The van der Waals surface area contributed by atoms with E-state index in [1.807, 2.05) is 7.05 Å². The molecule has 1 aromatic rings. The zero-order valence-electron chi connectivity index (χ0n) is 9.18. The van der Waals surface area contributed by atoms with Gasteiger partial charge in [0.1, 0.15) is 0 Å². The Labute approximate surface area is 95.1 Å².